The SMILES string of the molecule is CC1(C)OB(c2ccc(Cn3cc4ccccc4n3)cc2)OC1(C)C. The summed E-state index contributed by atoms with van der Waals surface area (Å²) in [5.74, 6) is 0. The molecule has 2 heterocycles. The number of nitrogens with zero attached hydrogens (tertiary/aromatic N) is 2. The molecule has 0 N–H and O–H groups in total. The molecule has 0 aliphatic carbocycles. The van der Waals surface area contributed by atoms with Crippen LogP contribution in [-0.2, 0) is 15.9 Å². The maximum absolute atomic E-state index is 6.11. The van der Waals surface area contributed by atoms with Crippen LogP contribution < -0.4 is 5.46 Å². The molecular formula is C20H23BN2O2. The maximum atomic E-state index is 6.11. The Kier molecular flexibility index (Phi) is 3.74. The van der Waals surface area contributed by atoms with Crippen molar-refractivity contribution < 1.29 is 9.31 Å². The Morgan fingerprint density at radius 3 is 2.20 bits per heavy atom. The summed E-state index contributed by atoms with van der Waals surface area (Å²) in [7, 11) is -0.314. The number of rotatable bonds is 3. The summed E-state index contributed by atoms with van der Waals surface area (Å²) in [5.41, 5.74) is 2.65. The fourth-order valence-corrected chi connectivity index (χ4v) is 3.04. The molecule has 4 nitrogen and oxygen atoms in total. The number of hydrogen-bond acceptors (Lipinski definition) is 3. The number of aromatic nitrogens is 2. The van der Waals surface area contributed by atoms with Crippen LogP contribution in [0.25, 0.3) is 10.9 Å². The van der Waals surface area contributed by atoms with Gasteiger partial charge in [0.05, 0.1) is 23.3 Å². The lowest BCUT2D eigenvalue weighted by Gasteiger charge is -2.32. The largest absolute Gasteiger partial charge is 0.494 e. The normalized spacial score (nSPS) is 18.8. The third kappa shape index (κ3) is 2.98. The predicted octanol–water partition coefficient (Wildman–Crippen LogP) is 3.38. The Balaban J connectivity index is 1.51. The van der Waals surface area contributed by atoms with E-state index in [9.17, 15) is 0 Å². The van der Waals surface area contributed by atoms with Crippen molar-refractivity contribution in [1.82, 2.24) is 9.78 Å². The molecule has 1 aromatic heterocycles. The molecule has 25 heavy (non-hydrogen) atoms. The minimum Gasteiger partial charge on any atom is -0.399 e. The maximum Gasteiger partial charge on any atom is 0.494 e. The summed E-state index contributed by atoms with van der Waals surface area (Å²) in [5, 5.41) is 5.78. The average molecular weight is 334 g/mol. The fraction of sp³-hybridized carbons (Fsp3) is 0.350. The lowest BCUT2D eigenvalue weighted by Crippen LogP contribution is -2.41. The van der Waals surface area contributed by atoms with Gasteiger partial charge >= 0.3 is 7.12 Å². The fourth-order valence-electron chi connectivity index (χ4n) is 3.04. The quantitative estimate of drug-likeness (QED) is 0.689. The molecule has 128 valence electrons. The number of hydrogen-bond donors (Lipinski definition) is 0. The first-order valence-corrected chi connectivity index (χ1v) is 8.71. The van der Waals surface area contributed by atoms with Crippen molar-refractivity contribution in [3.8, 4) is 0 Å². The second kappa shape index (κ2) is 5.72. The van der Waals surface area contributed by atoms with E-state index in [-0.39, 0.29) is 18.3 Å². The Labute approximate surface area is 148 Å². The van der Waals surface area contributed by atoms with E-state index in [1.165, 1.54) is 5.56 Å². The van der Waals surface area contributed by atoms with Crippen LogP contribution in [0.5, 0.6) is 0 Å². The molecule has 5 heteroatoms. The van der Waals surface area contributed by atoms with E-state index in [0.717, 1.165) is 22.9 Å². The van der Waals surface area contributed by atoms with Crippen LogP contribution in [0.15, 0.2) is 54.7 Å². The minimum absolute atomic E-state index is 0.314. The van der Waals surface area contributed by atoms with Crippen molar-refractivity contribution in [3.05, 3.63) is 60.3 Å². The lowest BCUT2D eigenvalue weighted by molar-refractivity contribution is 0.00578. The van der Waals surface area contributed by atoms with Crippen molar-refractivity contribution in [2.24, 2.45) is 0 Å². The zero-order valence-corrected chi connectivity index (χ0v) is 15.2. The van der Waals surface area contributed by atoms with Crippen molar-refractivity contribution in [2.75, 3.05) is 0 Å². The highest BCUT2D eigenvalue weighted by Gasteiger charge is 2.51. The van der Waals surface area contributed by atoms with Gasteiger partial charge in [-0.1, -0.05) is 42.5 Å². The molecule has 0 radical (unpaired) electrons. The van der Waals surface area contributed by atoms with Crippen molar-refractivity contribution in [2.45, 2.75) is 45.4 Å². The van der Waals surface area contributed by atoms with Gasteiger partial charge in [-0.15, -0.1) is 0 Å². The Morgan fingerprint density at radius 2 is 1.56 bits per heavy atom. The topological polar surface area (TPSA) is 36.3 Å². The van der Waals surface area contributed by atoms with E-state index in [4.69, 9.17) is 9.31 Å². The van der Waals surface area contributed by atoms with E-state index < -0.39 is 0 Å². The van der Waals surface area contributed by atoms with Crippen molar-refractivity contribution in [3.63, 3.8) is 0 Å². The lowest BCUT2D eigenvalue weighted by atomic mass is 9.79. The van der Waals surface area contributed by atoms with Crippen LogP contribution in [0.2, 0.25) is 0 Å². The van der Waals surface area contributed by atoms with Crippen LogP contribution in [0.4, 0.5) is 0 Å². The molecule has 1 aliphatic rings. The van der Waals surface area contributed by atoms with E-state index in [1.807, 2.05) is 22.9 Å². The standard InChI is InChI=1S/C20H23BN2O2/c1-19(2)20(3,4)25-21(24-19)17-11-9-15(10-12-17)13-23-14-16-7-5-6-8-18(16)22-23/h5-12,14H,13H2,1-4H3. The highest BCUT2D eigenvalue weighted by molar-refractivity contribution is 6.62. The van der Waals surface area contributed by atoms with E-state index >= 15 is 0 Å². The van der Waals surface area contributed by atoms with Gasteiger partial charge < -0.3 is 9.31 Å². The first kappa shape index (κ1) is 16.4. The second-order valence-electron chi connectivity index (χ2n) is 7.72. The monoisotopic (exact) mass is 334 g/mol. The molecule has 0 amide bonds. The Morgan fingerprint density at radius 1 is 0.920 bits per heavy atom. The van der Waals surface area contributed by atoms with Gasteiger partial charge in [-0.25, -0.2) is 0 Å². The van der Waals surface area contributed by atoms with Crippen LogP contribution in [-0.4, -0.2) is 28.1 Å². The summed E-state index contributed by atoms with van der Waals surface area (Å²) >= 11 is 0. The molecule has 2 aromatic carbocycles. The van der Waals surface area contributed by atoms with Gasteiger partial charge in [0.2, 0.25) is 0 Å². The molecular weight excluding hydrogens is 311 g/mol. The Hall–Kier alpha value is -2.11. The highest BCUT2D eigenvalue weighted by atomic mass is 16.7. The van der Waals surface area contributed by atoms with Gasteiger partial charge in [-0.2, -0.15) is 5.10 Å². The summed E-state index contributed by atoms with van der Waals surface area (Å²) < 4.78 is 14.2. The van der Waals surface area contributed by atoms with Gasteiger partial charge in [0.25, 0.3) is 0 Å². The molecule has 4 rings (SSSR count). The molecule has 0 unspecified atom stereocenters. The smallest absolute Gasteiger partial charge is 0.399 e. The molecule has 0 saturated carbocycles. The molecule has 1 fully saturated rings. The number of fused-ring (bicyclic) bond motifs is 1. The van der Waals surface area contributed by atoms with Crippen LogP contribution in [0.3, 0.4) is 0 Å². The van der Waals surface area contributed by atoms with Crippen LogP contribution in [0.1, 0.15) is 33.3 Å². The van der Waals surface area contributed by atoms with Crippen molar-refractivity contribution >= 4 is 23.5 Å². The minimum atomic E-state index is -0.314. The summed E-state index contributed by atoms with van der Waals surface area (Å²) in [4.78, 5) is 0. The van der Waals surface area contributed by atoms with Gasteiger partial charge in [0.1, 0.15) is 0 Å². The summed E-state index contributed by atoms with van der Waals surface area (Å²) in [6.45, 7) is 9.04. The van der Waals surface area contributed by atoms with E-state index in [0.29, 0.717) is 0 Å². The van der Waals surface area contributed by atoms with Crippen LogP contribution in [0, 0.1) is 0 Å². The van der Waals surface area contributed by atoms with Crippen LogP contribution >= 0.6 is 0 Å². The van der Waals surface area contributed by atoms with E-state index in [1.54, 1.807) is 0 Å². The number of benzene rings is 2. The predicted molar refractivity (Wildman–Crippen MR) is 101 cm³/mol. The van der Waals surface area contributed by atoms with E-state index in [2.05, 4.69) is 69.3 Å². The zero-order valence-electron chi connectivity index (χ0n) is 15.2. The first-order chi connectivity index (χ1) is 11.8. The molecule has 1 saturated heterocycles. The molecule has 3 aromatic rings. The zero-order chi connectivity index (χ0) is 17.7. The van der Waals surface area contributed by atoms with Crippen molar-refractivity contribution in [1.29, 1.82) is 0 Å². The molecule has 0 atom stereocenters. The van der Waals surface area contributed by atoms with Gasteiger partial charge in [0, 0.05) is 11.6 Å². The van der Waals surface area contributed by atoms with Gasteiger partial charge in [0.15, 0.2) is 0 Å². The second-order valence-corrected chi connectivity index (χ2v) is 7.72. The third-order valence-corrected chi connectivity index (χ3v) is 5.31. The molecule has 0 bridgehead atoms. The Bertz CT molecular complexity index is 850. The first-order valence-electron chi connectivity index (χ1n) is 8.71. The summed E-state index contributed by atoms with van der Waals surface area (Å²) in [6, 6.07) is 16.6. The average Bonchev–Trinajstić information content (AvgIpc) is 3.05. The van der Waals surface area contributed by atoms with Gasteiger partial charge in [-0.05, 0) is 44.8 Å². The molecule has 0 spiro atoms. The summed E-state index contributed by atoms with van der Waals surface area (Å²) in [6.07, 6.45) is 2.08. The highest BCUT2D eigenvalue weighted by Crippen LogP contribution is 2.36. The molecule has 1 aliphatic heterocycles. The van der Waals surface area contributed by atoms with Gasteiger partial charge in [-0.3, -0.25) is 4.68 Å². The third-order valence-electron chi connectivity index (χ3n) is 5.31.